The van der Waals surface area contributed by atoms with E-state index in [-0.39, 0.29) is 18.9 Å². The first-order valence-electron chi connectivity index (χ1n) is 6.36. The molecule has 3 heteroatoms. The number of esters is 1. The molecule has 1 aromatic carbocycles. The lowest BCUT2D eigenvalue weighted by atomic mass is 9.71. The summed E-state index contributed by atoms with van der Waals surface area (Å²) in [5.41, 5.74) is -0.266. The van der Waals surface area contributed by atoms with Crippen molar-refractivity contribution in [1.82, 2.24) is 0 Å². The normalized spacial score (nSPS) is 14.8. The molecule has 1 aromatic rings. The number of allylic oxidation sites excluding steroid dienone is 1. The molecule has 19 heavy (non-hydrogen) atoms. The number of carbonyl (C=O) groups excluding carboxylic acids is 1. The van der Waals surface area contributed by atoms with Crippen LogP contribution < -0.4 is 0 Å². The molecule has 0 fully saturated rings. The third kappa shape index (κ3) is 3.03. The summed E-state index contributed by atoms with van der Waals surface area (Å²) in [5, 5.41) is 9.54. The fraction of sp³-hybridized carbons (Fsp3) is 0.375. The van der Waals surface area contributed by atoms with E-state index in [1.54, 1.807) is 13.0 Å². The van der Waals surface area contributed by atoms with Crippen molar-refractivity contribution in [2.45, 2.75) is 26.2 Å². The van der Waals surface area contributed by atoms with Crippen LogP contribution in [0, 0.1) is 16.7 Å². The van der Waals surface area contributed by atoms with E-state index < -0.39 is 11.4 Å². The van der Waals surface area contributed by atoms with Gasteiger partial charge in [0, 0.05) is 5.92 Å². The summed E-state index contributed by atoms with van der Waals surface area (Å²) in [4.78, 5) is 12.2. The van der Waals surface area contributed by atoms with Gasteiger partial charge in [0.15, 0.2) is 5.41 Å². The zero-order chi connectivity index (χ0) is 14.3. The Balaban J connectivity index is 3.20. The summed E-state index contributed by atoms with van der Waals surface area (Å²) in [5.74, 6) is -0.732. The van der Waals surface area contributed by atoms with Crippen LogP contribution in [0.15, 0.2) is 43.0 Å². The van der Waals surface area contributed by atoms with Crippen LogP contribution in [0.4, 0.5) is 0 Å². The minimum absolute atomic E-state index is 0.254. The van der Waals surface area contributed by atoms with Crippen LogP contribution in [-0.2, 0) is 9.53 Å². The van der Waals surface area contributed by atoms with Crippen LogP contribution in [0.25, 0.3) is 0 Å². The average molecular weight is 257 g/mol. The Labute approximate surface area is 114 Å². The van der Waals surface area contributed by atoms with Crippen molar-refractivity contribution >= 4 is 5.97 Å². The highest BCUT2D eigenvalue weighted by Crippen LogP contribution is 2.40. The van der Waals surface area contributed by atoms with Crippen LogP contribution >= 0.6 is 0 Å². The molecule has 0 spiro atoms. The molecule has 0 aromatic heterocycles. The molecule has 0 aliphatic carbocycles. The number of nitrogens with zero attached hydrogens (tertiary/aromatic N) is 1. The fourth-order valence-electron chi connectivity index (χ4n) is 2.14. The maximum absolute atomic E-state index is 12.2. The fourth-order valence-corrected chi connectivity index (χ4v) is 2.14. The maximum Gasteiger partial charge on any atom is 0.327 e. The predicted molar refractivity (Wildman–Crippen MR) is 74.4 cm³/mol. The number of hydrogen-bond donors (Lipinski definition) is 0. The van der Waals surface area contributed by atoms with Gasteiger partial charge in [-0.1, -0.05) is 43.3 Å². The number of ether oxygens (including phenoxy) is 1. The summed E-state index contributed by atoms with van der Waals surface area (Å²) >= 11 is 0. The SMILES string of the molecule is C=CCC(C#N)(C(=O)OCC)C(C)c1ccccc1. The molecule has 0 amide bonds. The van der Waals surface area contributed by atoms with Gasteiger partial charge in [-0.3, -0.25) is 4.79 Å². The van der Waals surface area contributed by atoms with Gasteiger partial charge in [0.25, 0.3) is 0 Å². The van der Waals surface area contributed by atoms with Crippen molar-refractivity contribution < 1.29 is 9.53 Å². The Morgan fingerprint density at radius 2 is 2.16 bits per heavy atom. The van der Waals surface area contributed by atoms with Gasteiger partial charge in [-0.2, -0.15) is 5.26 Å². The Morgan fingerprint density at radius 3 is 2.63 bits per heavy atom. The van der Waals surface area contributed by atoms with E-state index in [1.807, 2.05) is 37.3 Å². The van der Waals surface area contributed by atoms with E-state index in [9.17, 15) is 10.1 Å². The number of hydrogen-bond acceptors (Lipinski definition) is 3. The Kier molecular flexibility index (Phi) is 5.32. The molecule has 0 N–H and O–H groups in total. The molecular formula is C16H19NO2. The average Bonchev–Trinajstić information content (AvgIpc) is 2.45. The van der Waals surface area contributed by atoms with Crippen LogP contribution in [0.2, 0.25) is 0 Å². The second-order valence-corrected chi connectivity index (χ2v) is 4.43. The van der Waals surface area contributed by atoms with Crippen molar-refractivity contribution in [3.63, 3.8) is 0 Å². The molecule has 0 heterocycles. The topological polar surface area (TPSA) is 50.1 Å². The molecule has 2 unspecified atom stereocenters. The highest BCUT2D eigenvalue weighted by atomic mass is 16.5. The summed E-state index contributed by atoms with van der Waals surface area (Å²) in [6.45, 7) is 7.53. The van der Waals surface area contributed by atoms with Crippen molar-refractivity contribution in [2.75, 3.05) is 6.61 Å². The van der Waals surface area contributed by atoms with Crippen molar-refractivity contribution in [3.8, 4) is 6.07 Å². The number of carbonyl (C=O) groups is 1. The van der Waals surface area contributed by atoms with Gasteiger partial charge in [-0.15, -0.1) is 6.58 Å². The maximum atomic E-state index is 12.2. The van der Waals surface area contributed by atoms with Gasteiger partial charge in [0.05, 0.1) is 12.7 Å². The number of rotatable bonds is 6. The molecule has 0 saturated heterocycles. The van der Waals surface area contributed by atoms with E-state index in [1.165, 1.54) is 0 Å². The summed E-state index contributed by atoms with van der Waals surface area (Å²) in [6, 6.07) is 11.7. The molecule has 1 rings (SSSR count). The van der Waals surface area contributed by atoms with Crippen molar-refractivity contribution in [3.05, 3.63) is 48.6 Å². The molecular weight excluding hydrogens is 238 g/mol. The third-order valence-electron chi connectivity index (χ3n) is 3.34. The van der Waals surface area contributed by atoms with Gasteiger partial charge >= 0.3 is 5.97 Å². The summed E-state index contributed by atoms with van der Waals surface area (Å²) in [7, 11) is 0. The number of benzene rings is 1. The summed E-state index contributed by atoms with van der Waals surface area (Å²) < 4.78 is 5.08. The van der Waals surface area contributed by atoms with Crippen LogP contribution in [0.5, 0.6) is 0 Å². The largest absolute Gasteiger partial charge is 0.465 e. The molecule has 0 aliphatic rings. The van der Waals surface area contributed by atoms with Crippen LogP contribution in [-0.4, -0.2) is 12.6 Å². The summed E-state index contributed by atoms with van der Waals surface area (Å²) in [6.07, 6.45) is 1.87. The minimum Gasteiger partial charge on any atom is -0.465 e. The molecule has 3 nitrogen and oxygen atoms in total. The molecule has 100 valence electrons. The van der Waals surface area contributed by atoms with Gasteiger partial charge in [0.1, 0.15) is 0 Å². The lowest BCUT2D eigenvalue weighted by Gasteiger charge is -2.29. The Bertz CT molecular complexity index is 475. The standard InChI is InChI=1S/C16H19NO2/c1-4-11-16(12-17,15(18)19-5-2)13(3)14-9-7-6-8-10-14/h4,6-10,13H,1,5,11H2,2-3H3. The minimum atomic E-state index is -1.21. The Morgan fingerprint density at radius 1 is 1.53 bits per heavy atom. The lowest BCUT2D eigenvalue weighted by Crippen LogP contribution is -2.36. The van der Waals surface area contributed by atoms with Crippen LogP contribution in [0.3, 0.4) is 0 Å². The highest BCUT2D eigenvalue weighted by molar-refractivity contribution is 5.81. The molecule has 0 radical (unpaired) electrons. The molecule has 0 aliphatic heterocycles. The third-order valence-corrected chi connectivity index (χ3v) is 3.34. The smallest absolute Gasteiger partial charge is 0.327 e. The van der Waals surface area contributed by atoms with E-state index >= 15 is 0 Å². The Hall–Kier alpha value is -2.08. The first-order chi connectivity index (χ1) is 9.12. The van der Waals surface area contributed by atoms with Gasteiger partial charge in [0.2, 0.25) is 0 Å². The quantitative estimate of drug-likeness (QED) is 0.579. The first kappa shape index (κ1) is 15.0. The van der Waals surface area contributed by atoms with Gasteiger partial charge in [-0.25, -0.2) is 0 Å². The highest BCUT2D eigenvalue weighted by Gasteiger charge is 2.45. The van der Waals surface area contributed by atoms with E-state index in [4.69, 9.17) is 4.74 Å². The van der Waals surface area contributed by atoms with E-state index in [0.29, 0.717) is 0 Å². The van der Waals surface area contributed by atoms with E-state index in [2.05, 4.69) is 12.6 Å². The van der Waals surface area contributed by atoms with Crippen molar-refractivity contribution in [2.24, 2.45) is 5.41 Å². The lowest BCUT2D eigenvalue weighted by molar-refractivity contribution is -0.152. The monoisotopic (exact) mass is 257 g/mol. The molecule has 0 bridgehead atoms. The number of nitriles is 1. The van der Waals surface area contributed by atoms with Crippen molar-refractivity contribution in [1.29, 1.82) is 5.26 Å². The first-order valence-corrected chi connectivity index (χ1v) is 6.36. The van der Waals surface area contributed by atoms with Crippen LogP contribution in [0.1, 0.15) is 31.7 Å². The molecule has 0 saturated carbocycles. The van der Waals surface area contributed by atoms with Gasteiger partial charge < -0.3 is 4.74 Å². The zero-order valence-corrected chi connectivity index (χ0v) is 11.4. The van der Waals surface area contributed by atoms with E-state index in [0.717, 1.165) is 5.56 Å². The zero-order valence-electron chi connectivity index (χ0n) is 11.4. The second kappa shape index (κ2) is 6.75. The molecule has 2 atom stereocenters. The predicted octanol–water partition coefficient (Wildman–Crippen LogP) is 3.44. The van der Waals surface area contributed by atoms with Gasteiger partial charge in [-0.05, 0) is 18.9 Å². The second-order valence-electron chi connectivity index (χ2n) is 4.43.